The van der Waals surface area contributed by atoms with E-state index in [0.29, 0.717) is 13.1 Å². The van der Waals surface area contributed by atoms with Crippen molar-refractivity contribution in [2.75, 3.05) is 6.54 Å². The quantitative estimate of drug-likeness (QED) is 0.678. The van der Waals surface area contributed by atoms with Gasteiger partial charge < -0.3 is 10.1 Å². The highest BCUT2D eigenvalue weighted by molar-refractivity contribution is 6.45. The molecule has 0 bridgehead atoms. The van der Waals surface area contributed by atoms with E-state index >= 15 is 0 Å². The average Bonchev–Trinajstić information content (AvgIpc) is 2.66. The molecule has 2 aromatic carbocycles. The van der Waals surface area contributed by atoms with Crippen LogP contribution in [-0.4, -0.2) is 28.3 Å². The highest BCUT2D eigenvalue weighted by Crippen LogP contribution is 2.18. The SMILES string of the molecule is O=C1/C(=N\O)c2ccccc2CCN1Cc1ccccc1. The zero-order chi connectivity index (χ0) is 14.7. The van der Waals surface area contributed by atoms with Crippen LogP contribution in [0.25, 0.3) is 0 Å². The van der Waals surface area contributed by atoms with Crippen molar-refractivity contribution in [3.05, 3.63) is 71.3 Å². The van der Waals surface area contributed by atoms with Crippen molar-refractivity contribution >= 4 is 11.6 Å². The Morgan fingerprint density at radius 3 is 2.52 bits per heavy atom. The number of oxime groups is 1. The van der Waals surface area contributed by atoms with Gasteiger partial charge in [-0.3, -0.25) is 4.79 Å². The summed E-state index contributed by atoms with van der Waals surface area (Å²) >= 11 is 0. The third-order valence-corrected chi connectivity index (χ3v) is 3.73. The van der Waals surface area contributed by atoms with E-state index in [1.54, 1.807) is 4.90 Å². The minimum absolute atomic E-state index is 0.124. The van der Waals surface area contributed by atoms with Gasteiger partial charge >= 0.3 is 0 Å². The van der Waals surface area contributed by atoms with E-state index in [1.807, 2.05) is 54.6 Å². The summed E-state index contributed by atoms with van der Waals surface area (Å²) in [5, 5.41) is 12.5. The van der Waals surface area contributed by atoms with Crippen molar-refractivity contribution in [1.29, 1.82) is 0 Å². The summed E-state index contributed by atoms with van der Waals surface area (Å²) in [5.41, 5.74) is 2.95. The van der Waals surface area contributed by atoms with Crippen molar-refractivity contribution in [3.8, 4) is 0 Å². The molecule has 106 valence electrons. The predicted octanol–water partition coefficient (Wildman–Crippen LogP) is 2.45. The summed E-state index contributed by atoms with van der Waals surface area (Å²) < 4.78 is 0. The Bertz CT molecular complexity index is 680. The minimum Gasteiger partial charge on any atom is -0.410 e. The lowest BCUT2D eigenvalue weighted by Crippen LogP contribution is -2.35. The van der Waals surface area contributed by atoms with Crippen LogP contribution in [-0.2, 0) is 17.8 Å². The Morgan fingerprint density at radius 1 is 1.05 bits per heavy atom. The number of carbonyl (C=O) groups is 1. The van der Waals surface area contributed by atoms with Gasteiger partial charge in [-0.05, 0) is 17.5 Å². The molecule has 3 rings (SSSR count). The highest BCUT2D eigenvalue weighted by Gasteiger charge is 2.27. The second-order valence-electron chi connectivity index (χ2n) is 5.07. The maximum absolute atomic E-state index is 12.6. The van der Waals surface area contributed by atoms with Gasteiger partial charge in [0.15, 0.2) is 5.71 Å². The second-order valence-corrected chi connectivity index (χ2v) is 5.07. The van der Waals surface area contributed by atoms with Gasteiger partial charge in [-0.2, -0.15) is 0 Å². The number of amides is 1. The molecule has 0 unspecified atom stereocenters. The summed E-state index contributed by atoms with van der Waals surface area (Å²) in [6.07, 6.45) is 0.758. The van der Waals surface area contributed by atoms with Crippen LogP contribution in [0.1, 0.15) is 16.7 Å². The third-order valence-electron chi connectivity index (χ3n) is 3.73. The minimum atomic E-state index is -0.230. The molecule has 1 amide bonds. The van der Waals surface area contributed by atoms with Crippen LogP contribution in [0.4, 0.5) is 0 Å². The molecular weight excluding hydrogens is 264 g/mol. The third kappa shape index (κ3) is 2.65. The van der Waals surface area contributed by atoms with Gasteiger partial charge in [-0.1, -0.05) is 59.8 Å². The Morgan fingerprint density at radius 2 is 1.76 bits per heavy atom. The maximum atomic E-state index is 12.6. The molecule has 1 heterocycles. The molecule has 0 saturated carbocycles. The van der Waals surface area contributed by atoms with E-state index in [0.717, 1.165) is 23.1 Å². The molecule has 1 aliphatic heterocycles. The van der Waals surface area contributed by atoms with Gasteiger partial charge in [0.05, 0.1) is 0 Å². The standard InChI is InChI=1S/C17H16N2O2/c20-17-16(18-21)15-9-5-4-8-14(15)10-11-19(17)12-13-6-2-1-3-7-13/h1-9,21H,10-12H2/b18-16-. The Labute approximate surface area is 123 Å². The summed E-state index contributed by atoms with van der Waals surface area (Å²) in [7, 11) is 0. The predicted molar refractivity (Wildman–Crippen MR) is 80.3 cm³/mol. The van der Waals surface area contributed by atoms with Crippen molar-refractivity contribution in [1.82, 2.24) is 4.90 Å². The number of hydrogen-bond donors (Lipinski definition) is 1. The van der Waals surface area contributed by atoms with E-state index in [-0.39, 0.29) is 11.6 Å². The Balaban J connectivity index is 1.92. The average molecular weight is 280 g/mol. The zero-order valence-electron chi connectivity index (χ0n) is 11.6. The lowest BCUT2D eigenvalue weighted by molar-refractivity contribution is -0.124. The lowest BCUT2D eigenvalue weighted by Gasteiger charge is -2.20. The largest absolute Gasteiger partial charge is 0.410 e. The van der Waals surface area contributed by atoms with Crippen LogP contribution in [0.5, 0.6) is 0 Å². The number of benzene rings is 2. The van der Waals surface area contributed by atoms with Crippen LogP contribution in [0.3, 0.4) is 0 Å². The molecule has 1 aliphatic rings. The van der Waals surface area contributed by atoms with Gasteiger partial charge in [0.25, 0.3) is 5.91 Å². The van der Waals surface area contributed by atoms with Crippen molar-refractivity contribution in [3.63, 3.8) is 0 Å². The van der Waals surface area contributed by atoms with Crippen molar-refractivity contribution in [2.24, 2.45) is 5.16 Å². The van der Waals surface area contributed by atoms with Gasteiger partial charge in [-0.15, -0.1) is 0 Å². The molecule has 4 heteroatoms. The molecule has 0 spiro atoms. The molecule has 2 aromatic rings. The van der Waals surface area contributed by atoms with Gasteiger partial charge in [0.2, 0.25) is 0 Å². The topological polar surface area (TPSA) is 52.9 Å². The molecule has 0 atom stereocenters. The van der Waals surface area contributed by atoms with E-state index in [9.17, 15) is 10.0 Å². The van der Waals surface area contributed by atoms with Crippen molar-refractivity contribution < 1.29 is 10.0 Å². The Kier molecular flexibility index (Phi) is 3.69. The second kappa shape index (κ2) is 5.79. The van der Waals surface area contributed by atoms with Crippen LogP contribution in [0, 0.1) is 0 Å². The molecule has 0 aliphatic carbocycles. The molecular formula is C17H16N2O2. The summed E-state index contributed by atoms with van der Waals surface area (Å²) in [5.74, 6) is -0.230. The Hall–Kier alpha value is -2.62. The summed E-state index contributed by atoms with van der Waals surface area (Å²) in [6, 6.07) is 17.4. The van der Waals surface area contributed by atoms with Gasteiger partial charge in [0, 0.05) is 18.7 Å². The number of rotatable bonds is 2. The smallest absolute Gasteiger partial charge is 0.276 e. The fraction of sp³-hybridized carbons (Fsp3) is 0.176. The summed E-state index contributed by atoms with van der Waals surface area (Å²) in [6.45, 7) is 1.14. The first kappa shape index (κ1) is 13.4. The molecule has 0 saturated heterocycles. The maximum Gasteiger partial charge on any atom is 0.276 e. The van der Waals surface area contributed by atoms with Crippen LogP contribution >= 0.6 is 0 Å². The molecule has 0 aromatic heterocycles. The van der Waals surface area contributed by atoms with Crippen LogP contribution in [0.2, 0.25) is 0 Å². The molecule has 21 heavy (non-hydrogen) atoms. The van der Waals surface area contributed by atoms with E-state index in [1.165, 1.54) is 0 Å². The number of nitrogens with zero attached hydrogens (tertiary/aromatic N) is 2. The molecule has 4 nitrogen and oxygen atoms in total. The van der Waals surface area contributed by atoms with Crippen molar-refractivity contribution in [2.45, 2.75) is 13.0 Å². The van der Waals surface area contributed by atoms with Gasteiger partial charge in [0.1, 0.15) is 0 Å². The van der Waals surface area contributed by atoms with E-state index in [4.69, 9.17) is 0 Å². The fourth-order valence-corrected chi connectivity index (χ4v) is 2.64. The normalized spacial score (nSPS) is 16.7. The molecule has 0 fully saturated rings. The number of carbonyl (C=O) groups excluding carboxylic acids is 1. The first-order valence-electron chi connectivity index (χ1n) is 6.93. The zero-order valence-corrected chi connectivity index (χ0v) is 11.6. The van der Waals surface area contributed by atoms with E-state index < -0.39 is 0 Å². The number of fused-ring (bicyclic) bond motifs is 1. The van der Waals surface area contributed by atoms with E-state index in [2.05, 4.69) is 5.16 Å². The lowest BCUT2D eigenvalue weighted by atomic mass is 10.0. The monoisotopic (exact) mass is 280 g/mol. The number of hydrogen-bond acceptors (Lipinski definition) is 3. The summed E-state index contributed by atoms with van der Waals surface area (Å²) in [4.78, 5) is 14.3. The fourth-order valence-electron chi connectivity index (χ4n) is 2.64. The molecule has 1 N–H and O–H groups in total. The first-order valence-corrected chi connectivity index (χ1v) is 6.93. The van der Waals surface area contributed by atoms with Crippen LogP contribution < -0.4 is 0 Å². The van der Waals surface area contributed by atoms with Gasteiger partial charge in [-0.25, -0.2) is 0 Å². The molecule has 0 radical (unpaired) electrons. The highest BCUT2D eigenvalue weighted by atomic mass is 16.4. The van der Waals surface area contributed by atoms with Crippen LogP contribution in [0.15, 0.2) is 59.8 Å². The first-order chi connectivity index (χ1) is 10.3.